The molecule has 0 fully saturated rings. The van der Waals surface area contributed by atoms with Gasteiger partial charge in [-0.15, -0.1) is 0 Å². The lowest BCUT2D eigenvalue weighted by molar-refractivity contribution is 0.669. The standard InChI is InChI=1S/C42H27NO/c1-2-11-28(12-3-1)29-14-10-15-33(23-29)43(40-26-31-13-4-5-16-35(31)36-17-6-7-18-37(36)40)34-22-21-30-27-42-39(25-32(30)24-34)38-19-8-9-20-41(38)44-42/h1-27H. The van der Waals surface area contributed by atoms with Gasteiger partial charge in [0.15, 0.2) is 0 Å². The van der Waals surface area contributed by atoms with Crippen molar-refractivity contribution >= 4 is 71.3 Å². The van der Waals surface area contributed by atoms with E-state index < -0.39 is 0 Å². The van der Waals surface area contributed by atoms with Crippen LogP contribution in [0.1, 0.15) is 0 Å². The summed E-state index contributed by atoms with van der Waals surface area (Å²) in [4.78, 5) is 2.42. The van der Waals surface area contributed by atoms with Crippen LogP contribution in [0.25, 0.3) is 65.4 Å². The highest BCUT2D eigenvalue weighted by Crippen LogP contribution is 2.44. The van der Waals surface area contributed by atoms with Gasteiger partial charge in [-0.1, -0.05) is 115 Å². The molecule has 2 heteroatoms. The van der Waals surface area contributed by atoms with Crippen LogP contribution in [0.4, 0.5) is 17.1 Å². The third kappa shape index (κ3) is 3.96. The number of anilines is 3. The number of benzene rings is 8. The smallest absolute Gasteiger partial charge is 0.136 e. The van der Waals surface area contributed by atoms with Crippen molar-refractivity contribution in [3.63, 3.8) is 0 Å². The quantitative estimate of drug-likeness (QED) is 0.199. The molecule has 0 aliphatic carbocycles. The van der Waals surface area contributed by atoms with Crippen LogP contribution >= 0.6 is 0 Å². The van der Waals surface area contributed by atoms with Gasteiger partial charge in [0, 0.05) is 27.5 Å². The number of hydrogen-bond acceptors (Lipinski definition) is 2. The molecule has 9 aromatic rings. The van der Waals surface area contributed by atoms with E-state index in [1.54, 1.807) is 0 Å². The zero-order valence-electron chi connectivity index (χ0n) is 23.9. The third-order valence-corrected chi connectivity index (χ3v) is 8.78. The van der Waals surface area contributed by atoms with Crippen LogP contribution in [-0.2, 0) is 0 Å². The van der Waals surface area contributed by atoms with E-state index >= 15 is 0 Å². The fourth-order valence-corrected chi connectivity index (χ4v) is 6.70. The highest BCUT2D eigenvalue weighted by atomic mass is 16.3. The van der Waals surface area contributed by atoms with Crippen LogP contribution in [-0.4, -0.2) is 0 Å². The van der Waals surface area contributed by atoms with E-state index in [2.05, 4.69) is 157 Å². The van der Waals surface area contributed by atoms with Gasteiger partial charge < -0.3 is 9.32 Å². The maximum Gasteiger partial charge on any atom is 0.136 e. The summed E-state index contributed by atoms with van der Waals surface area (Å²) in [6.07, 6.45) is 0. The Balaban J connectivity index is 1.32. The first kappa shape index (κ1) is 24.7. The summed E-state index contributed by atoms with van der Waals surface area (Å²) in [6.45, 7) is 0. The van der Waals surface area contributed by atoms with Crippen LogP contribution in [0.15, 0.2) is 168 Å². The van der Waals surface area contributed by atoms with E-state index in [-0.39, 0.29) is 0 Å². The molecule has 0 aliphatic rings. The van der Waals surface area contributed by atoms with E-state index in [0.29, 0.717) is 0 Å². The van der Waals surface area contributed by atoms with Crippen LogP contribution in [0.5, 0.6) is 0 Å². The fourth-order valence-electron chi connectivity index (χ4n) is 6.70. The molecule has 0 saturated carbocycles. The molecule has 0 atom stereocenters. The predicted molar refractivity (Wildman–Crippen MR) is 186 cm³/mol. The summed E-state index contributed by atoms with van der Waals surface area (Å²) in [5.41, 5.74) is 7.59. The average molecular weight is 562 g/mol. The zero-order chi connectivity index (χ0) is 29.0. The Hall–Kier alpha value is -5.86. The molecule has 44 heavy (non-hydrogen) atoms. The van der Waals surface area contributed by atoms with E-state index in [4.69, 9.17) is 4.42 Å². The first-order valence-corrected chi connectivity index (χ1v) is 15.0. The molecule has 206 valence electrons. The van der Waals surface area contributed by atoms with Crippen molar-refractivity contribution in [2.45, 2.75) is 0 Å². The van der Waals surface area contributed by atoms with Gasteiger partial charge in [0.2, 0.25) is 0 Å². The van der Waals surface area contributed by atoms with Crippen molar-refractivity contribution in [2.24, 2.45) is 0 Å². The molecule has 0 amide bonds. The maximum absolute atomic E-state index is 6.21. The van der Waals surface area contributed by atoms with Crippen LogP contribution in [0.2, 0.25) is 0 Å². The van der Waals surface area contributed by atoms with E-state index in [0.717, 1.165) is 44.4 Å². The summed E-state index contributed by atoms with van der Waals surface area (Å²) < 4.78 is 6.21. The maximum atomic E-state index is 6.21. The van der Waals surface area contributed by atoms with Gasteiger partial charge in [-0.25, -0.2) is 0 Å². The average Bonchev–Trinajstić information content (AvgIpc) is 3.45. The minimum absolute atomic E-state index is 0.916. The Bertz CT molecular complexity index is 2510. The van der Waals surface area contributed by atoms with Crippen LogP contribution < -0.4 is 4.90 Å². The molecule has 0 spiro atoms. The van der Waals surface area contributed by atoms with Crippen molar-refractivity contribution < 1.29 is 4.42 Å². The monoisotopic (exact) mass is 561 g/mol. The normalized spacial score (nSPS) is 11.6. The van der Waals surface area contributed by atoms with E-state index in [9.17, 15) is 0 Å². The molecule has 9 rings (SSSR count). The summed E-state index contributed by atoms with van der Waals surface area (Å²) >= 11 is 0. The number of fused-ring (bicyclic) bond motifs is 7. The molecule has 1 aromatic heterocycles. The van der Waals surface area contributed by atoms with Gasteiger partial charge in [-0.2, -0.15) is 0 Å². The molecular weight excluding hydrogens is 534 g/mol. The van der Waals surface area contributed by atoms with Crippen molar-refractivity contribution in [1.82, 2.24) is 0 Å². The van der Waals surface area contributed by atoms with Crippen molar-refractivity contribution in [1.29, 1.82) is 0 Å². The highest BCUT2D eigenvalue weighted by Gasteiger charge is 2.19. The fraction of sp³-hybridized carbons (Fsp3) is 0. The largest absolute Gasteiger partial charge is 0.456 e. The van der Waals surface area contributed by atoms with Gasteiger partial charge in [0.25, 0.3) is 0 Å². The lowest BCUT2D eigenvalue weighted by atomic mass is 9.98. The summed E-state index contributed by atoms with van der Waals surface area (Å²) in [6, 6.07) is 58.7. The second-order valence-corrected chi connectivity index (χ2v) is 11.4. The highest BCUT2D eigenvalue weighted by molar-refractivity contribution is 6.15. The Morgan fingerprint density at radius 3 is 1.93 bits per heavy atom. The molecule has 0 radical (unpaired) electrons. The van der Waals surface area contributed by atoms with Gasteiger partial charge in [0.1, 0.15) is 11.2 Å². The molecule has 0 unspecified atom stereocenters. The molecular formula is C42H27NO. The van der Waals surface area contributed by atoms with Gasteiger partial charge in [-0.3, -0.25) is 0 Å². The molecule has 0 bridgehead atoms. The molecule has 2 nitrogen and oxygen atoms in total. The summed E-state index contributed by atoms with van der Waals surface area (Å²) in [5.74, 6) is 0. The zero-order valence-corrected chi connectivity index (χ0v) is 23.9. The van der Waals surface area contributed by atoms with Crippen LogP contribution in [0, 0.1) is 0 Å². The summed E-state index contributed by atoms with van der Waals surface area (Å²) in [5, 5.41) is 9.56. The third-order valence-electron chi connectivity index (χ3n) is 8.78. The number of hydrogen-bond donors (Lipinski definition) is 0. The molecule has 0 N–H and O–H groups in total. The topological polar surface area (TPSA) is 16.4 Å². The van der Waals surface area contributed by atoms with E-state index in [1.807, 2.05) is 12.1 Å². The van der Waals surface area contributed by atoms with Crippen molar-refractivity contribution in [3.05, 3.63) is 164 Å². The molecule has 0 aliphatic heterocycles. The number of para-hydroxylation sites is 1. The Morgan fingerprint density at radius 1 is 0.341 bits per heavy atom. The molecule has 0 saturated heterocycles. The van der Waals surface area contributed by atoms with Crippen LogP contribution in [0.3, 0.4) is 0 Å². The minimum Gasteiger partial charge on any atom is -0.456 e. The van der Waals surface area contributed by atoms with Crippen molar-refractivity contribution in [3.8, 4) is 11.1 Å². The van der Waals surface area contributed by atoms with Gasteiger partial charge in [-0.05, 0) is 86.6 Å². The molecule has 8 aromatic carbocycles. The SMILES string of the molecule is c1ccc(-c2cccc(N(c3ccc4cc5oc6ccccc6c5cc4c3)c3cc4ccccc4c4ccccc34)c2)cc1. The second kappa shape index (κ2) is 9.86. The molecule has 1 heterocycles. The number of rotatable bonds is 4. The lowest BCUT2D eigenvalue weighted by Crippen LogP contribution is -2.11. The Morgan fingerprint density at radius 2 is 1.05 bits per heavy atom. The lowest BCUT2D eigenvalue weighted by Gasteiger charge is -2.28. The van der Waals surface area contributed by atoms with Gasteiger partial charge in [0.05, 0.1) is 5.69 Å². The first-order chi connectivity index (χ1) is 21.8. The van der Waals surface area contributed by atoms with E-state index in [1.165, 1.54) is 38.1 Å². The Kier molecular flexibility index (Phi) is 5.54. The first-order valence-electron chi connectivity index (χ1n) is 15.0. The summed E-state index contributed by atoms with van der Waals surface area (Å²) in [7, 11) is 0. The van der Waals surface area contributed by atoms with Gasteiger partial charge >= 0.3 is 0 Å². The van der Waals surface area contributed by atoms with Crippen molar-refractivity contribution in [2.75, 3.05) is 4.90 Å². The number of furan rings is 1. The predicted octanol–water partition coefficient (Wildman–Crippen LogP) is 12.2. The minimum atomic E-state index is 0.916. The number of nitrogens with zero attached hydrogens (tertiary/aromatic N) is 1. The Labute approximate surface area is 255 Å². The second-order valence-electron chi connectivity index (χ2n) is 11.4.